The molecule has 0 aliphatic carbocycles. The predicted octanol–water partition coefficient (Wildman–Crippen LogP) is 1.30. The lowest BCUT2D eigenvalue weighted by atomic mass is 10.2. The van der Waals surface area contributed by atoms with E-state index in [2.05, 4.69) is 5.48 Å². The first kappa shape index (κ1) is 14.8. The molecule has 0 radical (unpaired) electrons. The fourth-order valence-electron chi connectivity index (χ4n) is 1.16. The first-order valence-corrected chi connectivity index (χ1v) is 5.46. The van der Waals surface area contributed by atoms with Crippen LogP contribution in [-0.2, 0) is 14.4 Å². The first-order chi connectivity index (χ1) is 9.13. The van der Waals surface area contributed by atoms with Crippen molar-refractivity contribution in [2.75, 3.05) is 20.3 Å². The van der Waals surface area contributed by atoms with Gasteiger partial charge in [0.15, 0.2) is 0 Å². The summed E-state index contributed by atoms with van der Waals surface area (Å²) >= 11 is 0. The summed E-state index contributed by atoms with van der Waals surface area (Å²) in [7, 11) is 1.53. The third-order valence-electron chi connectivity index (χ3n) is 2.09. The molecule has 1 amide bonds. The van der Waals surface area contributed by atoms with Crippen LogP contribution in [0.1, 0.15) is 5.56 Å². The van der Waals surface area contributed by atoms with Crippen LogP contribution in [0.15, 0.2) is 30.3 Å². The van der Waals surface area contributed by atoms with Gasteiger partial charge in [-0.2, -0.15) is 0 Å². The Kier molecular flexibility index (Phi) is 6.20. The number of ether oxygens (including phenoxy) is 1. The largest absolute Gasteiger partial charge is 0.382 e. The highest BCUT2D eigenvalue weighted by Gasteiger charge is 2.02. The highest BCUT2D eigenvalue weighted by Crippen LogP contribution is 2.12. The van der Waals surface area contributed by atoms with Crippen molar-refractivity contribution in [3.05, 3.63) is 46.0 Å². The van der Waals surface area contributed by atoms with E-state index in [0.717, 1.165) is 0 Å². The fraction of sp³-hybridized carbons (Fsp3) is 0.250. The number of amides is 1. The molecule has 0 aromatic heterocycles. The maximum Gasteiger partial charge on any atom is 0.269 e. The topological polar surface area (TPSA) is 90.7 Å². The Bertz CT molecular complexity index is 456. The molecule has 0 heterocycles. The standard InChI is InChI=1S/C12H14N2O5/c1-18-8-9-19-13-12(15)7-4-10-2-5-11(6-3-10)14(16)17/h2-7H,8-9H2,1H3,(H,13,15)/b7-4+. The second kappa shape index (κ2) is 7.96. The summed E-state index contributed by atoms with van der Waals surface area (Å²) in [5.41, 5.74) is 2.89. The number of nitro benzene ring substituents is 1. The number of nitrogens with zero attached hydrogens (tertiary/aromatic N) is 1. The number of non-ortho nitro benzene ring substituents is 1. The van der Waals surface area contributed by atoms with E-state index in [1.165, 1.54) is 31.4 Å². The van der Waals surface area contributed by atoms with Crippen LogP contribution in [0.2, 0.25) is 0 Å². The van der Waals surface area contributed by atoms with Crippen molar-refractivity contribution >= 4 is 17.7 Å². The summed E-state index contributed by atoms with van der Waals surface area (Å²) in [6.45, 7) is 0.639. The van der Waals surface area contributed by atoms with Gasteiger partial charge in [0.1, 0.15) is 0 Å². The Morgan fingerprint density at radius 2 is 2.05 bits per heavy atom. The van der Waals surface area contributed by atoms with E-state index >= 15 is 0 Å². The van der Waals surface area contributed by atoms with Crippen LogP contribution in [0, 0.1) is 10.1 Å². The molecule has 0 spiro atoms. The van der Waals surface area contributed by atoms with Crippen molar-refractivity contribution in [3.63, 3.8) is 0 Å². The summed E-state index contributed by atoms with van der Waals surface area (Å²) in [4.78, 5) is 26.1. The quantitative estimate of drug-likeness (QED) is 0.347. The van der Waals surface area contributed by atoms with Gasteiger partial charge in [-0.15, -0.1) is 0 Å². The lowest BCUT2D eigenvalue weighted by Crippen LogP contribution is -2.23. The molecular formula is C12H14N2O5. The number of rotatable bonds is 7. The van der Waals surface area contributed by atoms with Gasteiger partial charge < -0.3 is 4.74 Å². The van der Waals surface area contributed by atoms with Crippen molar-refractivity contribution in [3.8, 4) is 0 Å². The van der Waals surface area contributed by atoms with Gasteiger partial charge >= 0.3 is 0 Å². The van der Waals surface area contributed by atoms with Crippen molar-refractivity contribution in [1.82, 2.24) is 5.48 Å². The van der Waals surface area contributed by atoms with E-state index in [9.17, 15) is 14.9 Å². The lowest BCUT2D eigenvalue weighted by molar-refractivity contribution is -0.384. The van der Waals surface area contributed by atoms with E-state index < -0.39 is 10.8 Å². The van der Waals surface area contributed by atoms with Crippen molar-refractivity contribution < 1.29 is 19.3 Å². The van der Waals surface area contributed by atoms with Crippen LogP contribution in [0.5, 0.6) is 0 Å². The molecule has 19 heavy (non-hydrogen) atoms. The molecule has 0 unspecified atom stereocenters. The minimum atomic E-state index is -0.482. The van der Waals surface area contributed by atoms with E-state index in [-0.39, 0.29) is 12.3 Å². The molecule has 1 N–H and O–H groups in total. The van der Waals surface area contributed by atoms with Gasteiger partial charge in [-0.1, -0.05) is 0 Å². The molecule has 7 nitrogen and oxygen atoms in total. The fourth-order valence-corrected chi connectivity index (χ4v) is 1.16. The second-order valence-electron chi connectivity index (χ2n) is 3.49. The molecule has 0 saturated carbocycles. The number of carbonyl (C=O) groups is 1. The molecule has 1 aromatic carbocycles. The van der Waals surface area contributed by atoms with Gasteiger partial charge in [-0.05, 0) is 23.8 Å². The van der Waals surface area contributed by atoms with Crippen LogP contribution in [0.3, 0.4) is 0 Å². The van der Waals surface area contributed by atoms with Crippen LogP contribution in [-0.4, -0.2) is 31.2 Å². The Morgan fingerprint density at radius 1 is 1.37 bits per heavy atom. The smallest absolute Gasteiger partial charge is 0.269 e. The van der Waals surface area contributed by atoms with E-state index in [1.807, 2.05) is 0 Å². The normalized spacial score (nSPS) is 10.6. The van der Waals surface area contributed by atoms with Gasteiger partial charge in [0.25, 0.3) is 11.6 Å². The highest BCUT2D eigenvalue weighted by molar-refractivity contribution is 5.90. The summed E-state index contributed by atoms with van der Waals surface area (Å²) in [5, 5.41) is 10.4. The summed E-state index contributed by atoms with van der Waals surface area (Å²) in [6, 6.07) is 5.83. The van der Waals surface area contributed by atoms with Crippen molar-refractivity contribution in [2.45, 2.75) is 0 Å². The molecule has 0 bridgehead atoms. The predicted molar refractivity (Wildman–Crippen MR) is 68.1 cm³/mol. The zero-order valence-electron chi connectivity index (χ0n) is 10.4. The summed E-state index contributed by atoms with van der Waals surface area (Å²) in [5.74, 6) is -0.422. The number of carbonyl (C=O) groups excluding carboxylic acids is 1. The number of methoxy groups -OCH3 is 1. The molecule has 7 heteroatoms. The molecule has 0 fully saturated rings. The number of hydrogen-bond acceptors (Lipinski definition) is 5. The lowest BCUT2D eigenvalue weighted by Gasteiger charge is -2.01. The summed E-state index contributed by atoms with van der Waals surface area (Å²) < 4.78 is 4.73. The van der Waals surface area contributed by atoms with Crippen molar-refractivity contribution in [1.29, 1.82) is 0 Å². The number of hydrogen-bond donors (Lipinski definition) is 1. The number of nitro groups is 1. The molecule has 1 rings (SSSR count). The average molecular weight is 266 g/mol. The Morgan fingerprint density at radius 3 is 2.63 bits per heavy atom. The monoisotopic (exact) mass is 266 g/mol. The van der Waals surface area contributed by atoms with E-state index in [1.54, 1.807) is 12.1 Å². The number of hydroxylamine groups is 1. The zero-order chi connectivity index (χ0) is 14.1. The first-order valence-electron chi connectivity index (χ1n) is 5.46. The Hall–Kier alpha value is -2.25. The van der Waals surface area contributed by atoms with Gasteiger partial charge in [0.2, 0.25) is 0 Å². The maximum atomic E-state index is 11.3. The minimum Gasteiger partial charge on any atom is -0.382 e. The van der Waals surface area contributed by atoms with Crippen molar-refractivity contribution in [2.24, 2.45) is 0 Å². The zero-order valence-corrected chi connectivity index (χ0v) is 10.4. The molecule has 0 saturated heterocycles. The molecule has 0 atom stereocenters. The van der Waals surface area contributed by atoms with Gasteiger partial charge in [-0.3, -0.25) is 19.7 Å². The number of nitrogens with one attached hydrogen (secondary N) is 1. The number of benzene rings is 1. The Labute approximate surface area is 109 Å². The molecule has 102 valence electrons. The van der Waals surface area contributed by atoms with Gasteiger partial charge in [0.05, 0.1) is 18.1 Å². The van der Waals surface area contributed by atoms with Gasteiger partial charge in [0, 0.05) is 25.3 Å². The maximum absolute atomic E-state index is 11.3. The third-order valence-corrected chi connectivity index (χ3v) is 2.09. The Balaban J connectivity index is 2.43. The summed E-state index contributed by atoms with van der Waals surface area (Å²) in [6.07, 6.45) is 2.80. The van der Waals surface area contributed by atoms with E-state index in [4.69, 9.17) is 9.57 Å². The van der Waals surface area contributed by atoms with Crippen LogP contribution >= 0.6 is 0 Å². The molecular weight excluding hydrogens is 252 g/mol. The highest BCUT2D eigenvalue weighted by atomic mass is 16.7. The van der Waals surface area contributed by atoms with Crippen LogP contribution < -0.4 is 5.48 Å². The average Bonchev–Trinajstić information content (AvgIpc) is 2.42. The van der Waals surface area contributed by atoms with Crippen LogP contribution in [0.4, 0.5) is 5.69 Å². The third kappa shape index (κ3) is 5.75. The van der Waals surface area contributed by atoms with Gasteiger partial charge in [-0.25, -0.2) is 5.48 Å². The second-order valence-corrected chi connectivity index (χ2v) is 3.49. The minimum absolute atomic E-state index is 0.00417. The molecule has 0 aliphatic heterocycles. The molecule has 1 aromatic rings. The SMILES string of the molecule is COCCONC(=O)/C=C/c1ccc([N+](=O)[O-])cc1. The van der Waals surface area contributed by atoms with Crippen LogP contribution in [0.25, 0.3) is 6.08 Å². The molecule has 0 aliphatic rings. The van der Waals surface area contributed by atoms with E-state index in [0.29, 0.717) is 12.2 Å².